The SMILES string of the molecule is CC1CC(=O)NCCN1c1ncccn1. The summed E-state index contributed by atoms with van der Waals surface area (Å²) >= 11 is 0. The standard InChI is InChI=1S/C10H14N4O/c1-8-7-9(15)11-5-6-14(8)10-12-3-2-4-13-10/h2-4,8H,5-7H2,1H3,(H,11,15). The fourth-order valence-electron chi connectivity index (χ4n) is 1.72. The van der Waals surface area contributed by atoms with E-state index in [1.165, 1.54) is 0 Å². The van der Waals surface area contributed by atoms with Crippen molar-refractivity contribution >= 4 is 11.9 Å². The van der Waals surface area contributed by atoms with Crippen LogP contribution in [0.25, 0.3) is 0 Å². The van der Waals surface area contributed by atoms with Crippen LogP contribution in [0, 0.1) is 0 Å². The minimum atomic E-state index is 0.0981. The van der Waals surface area contributed by atoms with Gasteiger partial charge in [-0.15, -0.1) is 0 Å². The van der Waals surface area contributed by atoms with Gasteiger partial charge in [-0.25, -0.2) is 9.97 Å². The first kappa shape index (κ1) is 9.89. The molecule has 0 bridgehead atoms. The van der Waals surface area contributed by atoms with Crippen LogP contribution in [0.4, 0.5) is 5.95 Å². The zero-order chi connectivity index (χ0) is 10.7. The number of carbonyl (C=O) groups excluding carboxylic acids is 1. The number of amides is 1. The largest absolute Gasteiger partial charge is 0.354 e. The van der Waals surface area contributed by atoms with Crippen molar-refractivity contribution in [3.05, 3.63) is 18.5 Å². The van der Waals surface area contributed by atoms with E-state index in [0.717, 1.165) is 6.54 Å². The molecule has 1 aliphatic rings. The van der Waals surface area contributed by atoms with Crippen LogP contribution >= 0.6 is 0 Å². The van der Waals surface area contributed by atoms with Crippen molar-refractivity contribution in [1.29, 1.82) is 0 Å². The second kappa shape index (κ2) is 4.25. The van der Waals surface area contributed by atoms with E-state index in [-0.39, 0.29) is 11.9 Å². The van der Waals surface area contributed by atoms with Crippen molar-refractivity contribution in [2.24, 2.45) is 0 Å². The monoisotopic (exact) mass is 206 g/mol. The molecular weight excluding hydrogens is 192 g/mol. The molecule has 0 radical (unpaired) electrons. The summed E-state index contributed by atoms with van der Waals surface area (Å²) in [5.74, 6) is 0.794. The van der Waals surface area contributed by atoms with E-state index in [1.54, 1.807) is 18.5 Å². The molecule has 1 saturated heterocycles. The van der Waals surface area contributed by atoms with Crippen molar-refractivity contribution < 1.29 is 4.79 Å². The summed E-state index contributed by atoms with van der Waals surface area (Å²) in [6.07, 6.45) is 3.93. The molecule has 1 unspecified atom stereocenters. The smallest absolute Gasteiger partial charge is 0.225 e. The Kier molecular flexibility index (Phi) is 2.80. The summed E-state index contributed by atoms with van der Waals surface area (Å²) in [5.41, 5.74) is 0. The van der Waals surface area contributed by atoms with E-state index in [4.69, 9.17) is 0 Å². The van der Waals surface area contributed by atoms with Crippen LogP contribution < -0.4 is 10.2 Å². The number of hydrogen-bond acceptors (Lipinski definition) is 4. The maximum atomic E-state index is 11.3. The third-order valence-corrected chi connectivity index (χ3v) is 2.50. The molecule has 2 rings (SSSR count). The lowest BCUT2D eigenvalue weighted by atomic mass is 10.2. The lowest BCUT2D eigenvalue weighted by molar-refractivity contribution is -0.120. The number of aromatic nitrogens is 2. The summed E-state index contributed by atoms with van der Waals surface area (Å²) in [6.45, 7) is 3.43. The number of nitrogens with one attached hydrogen (secondary N) is 1. The Balaban J connectivity index is 2.17. The molecule has 1 aromatic rings. The molecule has 0 spiro atoms. The highest BCUT2D eigenvalue weighted by molar-refractivity contribution is 5.77. The minimum absolute atomic E-state index is 0.0981. The van der Waals surface area contributed by atoms with E-state index >= 15 is 0 Å². The van der Waals surface area contributed by atoms with Crippen LogP contribution in [-0.2, 0) is 4.79 Å². The summed E-state index contributed by atoms with van der Waals surface area (Å²) in [7, 11) is 0. The second-order valence-electron chi connectivity index (χ2n) is 3.65. The molecule has 1 N–H and O–H groups in total. The Labute approximate surface area is 88.5 Å². The molecular formula is C10H14N4O. The van der Waals surface area contributed by atoms with Crippen LogP contribution in [0.3, 0.4) is 0 Å². The van der Waals surface area contributed by atoms with Crippen molar-refractivity contribution in [2.75, 3.05) is 18.0 Å². The van der Waals surface area contributed by atoms with Gasteiger partial charge < -0.3 is 10.2 Å². The quantitative estimate of drug-likeness (QED) is 0.712. The molecule has 1 aliphatic heterocycles. The van der Waals surface area contributed by atoms with Gasteiger partial charge in [-0.3, -0.25) is 4.79 Å². The first-order valence-electron chi connectivity index (χ1n) is 5.08. The zero-order valence-corrected chi connectivity index (χ0v) is 8.68. The zero-order valence-electron chi connectivity index (χ0n) is 8.68. The van der Waals surface area contributed by atoms with Gasteiger partial charge >= 0.3 is 0 Å². The fraction of sp³-hybridized carbons (Fsp3) is 0.500. The topological polar surface area (TPSA) is 58.1 Å². The normalized spacial score (nSPS) is 22.1. The highest BCUT2D eigenvalue weighted by atomic mass is 16.1. The van der Waals surface area contributed by atoms with Gasteiger partial charge in [-0.2, -0.15) is 0 Å². The molecule has 5 nitrogen and oxygen atoms in total. The summed E-state index contributed by atoms with van der Waals surface area (Å²) < 4.78 is 0. The van der Waals surface area contributed by atoms with E-state index in [0.29, 0.717) is 18.9 Å². The van der Waals surface area contributed by atoms with Gasteiger partial charge in [0.15, 0.2) is 0 Å². The number of anilines is 1. The van der Waals surface area contributed by atoms with Crippen LogP contribution in [0.15, 0.2) is 18.5 Å². The Bertz CT molecular complexity index is 341. The van der Waals surface area contributed by atoms with E-state index in [9.17, 15) is 4.79 Å². The molecule has 5 heteroatoms. The Hall–Kier alpha value is -1.65. The third kappa shape index (κ3) is 2.23. The summed E-state index contributed by atoms with van der Waals surface area (Å²) in [5, 5.41) is 2.84. The third-order valence-electron chi connectivity index (χ3n) is 2.50. The average molecular weight is 206 g/mol. The van der Waals surface area contributed by atoms with E-state index in [2.05, 4.69) is 20.2 Å². The average Bonchev–Trinajstić information content (AvgIpc) is 2.40. The lowest BCUT2D eigenvalue weighted by Crippen LogP contribution is -2.35. The molecule has 0 aromatic carbocycles. The van der Waals surface area contributed by atoms with Crippen molar-refractivity contribution in [3.8, 4) is 0 Å². The van der Waals surface area contributed by atoms with Crippen LogP contribution in [-0.4, -0.2) is 35.0 Å². The van der Waals surface area contributed by atoms with Crippen molar-refractivity contribution in [3.63, 3.8) is 0 Å². The van der Waals surface area contributed by atoms with Crippen LogP contribution in [0.1, 0.15) is 13.3 Å². The van der Waals surface area contributed by atoms with Crippen LogP contribution in [0.5, 0.6) is 0 Å². The molecule has 1 atom stereocenters. The predicted molar refractivity (Wildman–Crippen MR) is 56.5 cm³/mol. The highest BCUT2D eigenvalue weighted by Gasteiger charge is 2.22. The Morgan fingerprint density at radius 1 is 1.47 bits per heavy atom. The molecule has 2 heterocycles. The first-order chi connectivity index (χ1) is 7.27. The lowest BCUT2D eigenvalue weighted by Gasteiger charge is -2.25. The Morgan fingerprint density at radius 2 is 2.20 bits per heavy atom. The fourth-order valence-corrected chi connectivity index (χ4v) is 1.72. The predicted octanol–water partition coefficient (Wildman–Crippen LogP) is 0.191. The molecule has 15 heavy (non-hydrogen) atoms. The van der Waals surface area contributed by atoms with Gasteiger partial charge in [0.2, 0.25) is 11.9 Å². The molecule has 0 aliphatic carbocycles. The molecule has 1 fully saturated rings. The molecule has 1 aromatic heterocycles. The number of hydrogen-bond donors (Lipinski definition) is 1. The van der Waals surface area contributed by atoms with Crippen molar-refractivity contribution in [1.82, 2.24) is 15.3 Å². The van der Waals surface area contributed by atoms with Crippen molar-refractivity contribution in [2.45, 2.75) is 19.4 Å². The second-order valence-corrected chi connectivity index (χ2v) is 3.65. The van der Waals surface area contributed by atoms with Gasteiger partial charge in [-0.05, 0) is 13.0 Å². The molecule has 80 valence electrons. The van der Waals surface area contributed by atoms with Crippen LogP contribution in [0.2, 0.25) is 0 Å². The number of nitrogens with zero attached hydrogens (tertiary/aromatic N) is 3. The highest BCUT2D eigenvalue weighted by Crippen LogP contribution is 2.13. The minimum Gasteiger partial charge on any atom is -0.354 e. The van der Waals surface area contributed by atoms with E-state index < -0.39 is 0 Å². The van der Waals surface area contributed by atoms with Gasteiger partial charge in [0, 0.05) is 37.9 Å². The Morgan fingerprint density at radius 3 is 2.93 bits per heavy atom. The summed E-state index contributed by atoms with van der Waals surface area (Å²) in [4.78, 5) is 21.7. The van der Waals surface area contributed by atoms with Gasteiger partial charge in [0.25, 0.3) is 0 Å². The first-order valence-corrected chi connectivity index (χ1v) is 5.08. The van der Waals surface area contributed by atoms with Gasteiger partial charge in [0.1, 0.15) is 0 Å². The number of rotatable bonds is 1. The van der Waals surface area contributed by atoms with Gasteiger partial charge in [-0.1, -0.05) is 0 Å². The van der Waals surface area contributed by atoms with Gasteiger partial charge in [0.05, 0.1) is 0 Å². The molecule has 1 amide bonds. The molecule has 0 saturated carbocycles. The maximum Gasteiger partial charge on any atom is 0.225 e. The van der Waals surface area contributed by atoms with E-state index in [1.807, 2.05) is 6.92 Å². The summed E-state index contributed by atoms with van der Waals surface area (Å²) in [6, 6.07) is 1.94. The maximum absolute atomic E-state index is 11.3. The number of carbonyl (C=O) groups is 1.